The number of carbonyl (C=O) groups is 1. The first-order chi connectivity index (χ1) is 8.95. The molecule has 0 amide bonds. The molecule has 1 unspecified atom stereocenters. The standard InChI is InChI=1S/C10H14N4O4S/c11-4-7-13(8-5-12)19(17,18)14-6-2-1-3-9(14)10(15)16/h9H,1-3,6-8H2,(H,15,16). The second-order valence-corrected chi connectivity index (χ2v) is 5.93. The van der Waals surface area contributed by atoms with Gasteiger partial charge in [0.15, 0.2) is 0 Å². The summed E-state index contributed by atoms with van der Waals surface area (Å²) in [6.07, 6.45) is 1.44. The monoisotopic (exact) mass is 286 g/mol. The molecule has 0 aromatic rings. The van der Waals surface area contributed by atoms with E-state index in [0.717, 1.165) is 4.31 Å². The minimum absolute atomic E-state index is 0.0899. The van der Waals surface area contributed by atoms with E-state index in [4.69, 9.17) is 15.6 Å². The van der Waals surface area contributed by atoms with Gasteiger partial charge in [-0.1, -0.05) is 0 Å². The largest absolute Gasteiger partial charge is 0.480 e. The summed E-state index contributed by atoms with van der Waals surface area (Å²) in [5, 5.41) is 26.3. The Balaban J connectivity index is 3.05. The minimum Gasteiger partial charge on any atom is -0.480 e. The highest BCUT2D eigenvalue weighted by atomic mass is 32.2. The number of piperidine rings is 1. The first kappa shape index (κ1) is 15.4. The molecule has 1 rings (SSSR count). The van der Waals surface area contributed by atoms with Gasteiger partial charge >= 0.3 is 5.97 Å². The van der Waals surface area contributed by atoms with Crippen molar-refractivity contribution in [2.75, 3.05) is 19.6 Å². The van der Waals surface area contributed by atoms with Gasteiger partial charge in [-0.25, -0.2) is 0 Å². The van der Waals surface area contributed by atoms with Crippen LogP contribution < -0.4 is 0 Å². The Labute approximate surface area is 111 Å². The average molecular weight is 286 g/mol. The Kier molecular flexibility index (Phi) is 5.24. The Morgan fingerprint density at radius 3 is 2.37 bits per heavy atom. The molecule has 9 heteroatoms. The molecule has 104 valence electrons. The summed E-state index contributed by atoms with van der Waals surface area (Å²) in [6.45, 7) is -0.857. The molecule has 1 atom stereocenters. The van der Waals surface area contributed by atoms with Crippen molar-refractivity contribution in [2.45, 2.75) is 25.3 Å². The maximum Gasteiger partial charge on any atom is 0.322 e. The van der Waals surface area contributed by atoms with Crippen molar-refractivity contribution in [3.63, 3.8) is 0 Å². The molecule has 0 aliphatic carbocycles. The average Bonchev–Trinajstić information content (AvgIpc) is 2.38. The van der Waals surface area contributed by atoms with Crippen molar-refractivity contribution in [1.82, 2.24) is 8.61 Å². The summed E-state index contributed by atoms with van der Waals surface area (Å²) in [7, 11) is -4.10. The number of aliphatic carboxylic acids is 1. The number of nitrogens with zero attached hydrogens (tertiary/aromatic N) is 4. The SMILES string of the molecule is N#CCN(CC#N)S(=O)(=O)N1CCCCC1C(=O)O. The maximum absolute atomic E-state index is 12.3. The van der Waals surface area contributed by atoms with Crippen LogP contribution in [0, 0.1) is 22.7 Å². The number of rotatable bonds is 5. The lowest BCUT2D eigenvalue weighted by Crippen LogP contribution is -2.53. The fourth-order valence-electron chi connectivity index (χ4n) is 1.95. The van der Waals surface area contributed by atoms with Gasteiger partial charge in [0.05, 0.1) is 12.1 Å². The lowest BCUT2D eigenvalue weighted by Gasteiger charge is -2.34. The third-order valence-electron chi connectivity index (χ3n) is 2.86. The van der Waals surface area contributed by atoms with Gasteiger partial charge in [-0.15, -0.1) is 0 Å². The van der Waals surface area contributed by atoms with E-state index in [9.17, 15) is 13.2 Å². The molecule has 0 aromatic heterocycles. The van der Waals surface area contributed by atoms with E-state index in [1.54, 1.807) is 12.1 Å². The Bertz CT molecular complexity index is 503. The zero-order chi connectivity index (χ0) is 14.5. The summed E-state index contributed by atoms with van der Waals surface area (Å²) in [5.41, 5.74) is 0. The molecular formula is C10H14N4O4S. The Morgan fingerprint density at radius 1 is 1.32 bits per heavy atom. The Hall–Kier alpha value is -1.68. The summed E-state index contributed by atoms with van der Waals surface area (Å²) in [4.78, 5) is 11.1. The van der Waals surface area contributed by atoms with Crippen molar-refractivity contribution in [1.29, 1.82) is 10.5 Å². The number of nitriles is 2. The molecule has 1 heterocycles. The van der Waals surface area contributed by atoms with Gasteiger partial charge in [0.25, 0.3) is 10.2 Å². The van der Waals surface area contributed by atoms with Crippen LogP contribution in [0.4, 0.5) is 0 Å². The molecule has 0 radical (unpaired) electrons. The molecule has 0 aromatic carbocycles. The molecule has 0 spiro atoms. The summed E-state index contributed by atoms with van der Waals surface area (Å²) < 4.78 is 26.1. The van der Waals surface area contributed by atoms with Crippen LogP contribution in [0.5, 0.6) is 0 Å². The molecule has 8 nitrogen and oxygen atoms in total. The lowest BCUT2D eigenvalue weighted by molar-refractivity contribution is -0.142. The molecular weight excluding hydrogens is 272 g/mol. The van der Waals surface area contributed by atoms with Crippen molar-refractivity contribution in [3.05, 3.63) is 0 Å². The molecule has 1 saturated heterocycles. The molecule has 0 bridgehead atoms. The number of hydrogen-bond donors (Lipinski definition) is 1. The van der Waals surface area contributed by atoms with E-state index in [2.05, 4.69) is 0 Å². The zero-order valence-electron chi connectivity index (χ0n) is 10.2. The van der Waals surface area contributed by atoms with Gasteiger partial charge in [0.1, 0.15) is 19.1 Å². The third-order valence-corrected chi connectivity index (χ3v) is 4.80. The van der Waals surface area contributed by atoms with E-state index < -0.39 is 35.3 Å². The van der Waals surface area contributed by atoms with Crippen molar-refractivity contribution in [2.24, 2.45) is 0 Å². The zero-order valence-corrected chi connectivity index (χ0v) is 11.0. The predicted octanol–water partition coefficient (Wildman–Crippen LogP) is -0.481. The molecule has 1 N–H and O–H groups in total. The quantitative estimate of drug-likeness (QED) is 0.680. The van der Waals surface area contributed by atoms with Gasteiger partial charge in [0, 0.05) is 6.54 Å². The normalized spacial score (nSPS) is 20.7. The third kappa shape index (κ3) is 3.41. The van der Waals surface area contributed by atoms with Crippen molar-refractivity contribution in [3.8, 4) is 12.1 Å². The first-order valence-corrected chi connectivity index (χ1v) is 7.08. The van der Waals surface area contributed by atoms with Gasteiger partial charge in [-0.3, -0.25) is 4.79 Å². The number of hydrogen-bond acceptors (Lipinski definition) is 5. The molecule has 1 aliphatic heterocycles. The van der Waals surface area contributed by atoms with Crippen LogP contribution in [0.1, 0.15) is 19.3 Å². The van der Waals surface area contributed by atoms with E-state index in [1.165, 1.54) is 0 Å². The maximum atomic E-state index is 12.3. The van der Waals surface area contributed by atoms with Crippen LogP contribution >= 0.6 is 0 Å². The van der Waals surface area contributed by atoms with Crippen LogP contribution in [-0.2, 0) is 15.0 Å². The Morgan fingerprint density at radius 2 is 1.89 bits per heavy atom. The van der Waals surface area contributed by atoms with Crippen LogP contribution in [0.15, 0.2) is 0 Å². The topological polar surface area (TPSA) is 126 Å². The fraction of sp³-hybridized carbons (Fsp3) is 0.700. The highest BCUT2D eigenvalue weighted by Gasteiger charge is 2.39. The second-order valence-electron chi connectivity index (χ2n) is 4.05. The van der Waals surface area contributed by atoms with Crippen LogP contribution in [-0.4, -0.2) is 53.8 Å². The molecule has 19 heavy (non-hydrogen) atoms. The van der Waals surface area contributed by atoms with E-state index in [-0.39, 0.29) is 13.0 Å². The predicted molar refractivity (Wildman–Crippen MR) is 63.7 cm³/mol. The lowest BCUT2D eigenvalue weighted by atomic mass is 10.1. The summed E-state index contributed by atoms with van der Waals surface area (Å²) >= 11 is 0. The molecule has 1 aliphatic rings. The second kappa shape index (κ2) is 6.48. The molecule has 0 saturated carbocycles. The van der Waals surface area contributed by atoms with E-state index in [0.29, 0.717) is 17.1 Å². The van der Waals surface area contributed by atoms with Crippen LogP contribution in [0.3, 0.4) is 0 Å². The van der Waals surface area contributed by atoms with Gasteiger partial charge in [-0.05, 0) is 19.3 Å². The fourth-order valence-corrected chi connectivity index (χ4v) is 3.57. The van der Waals surface area contributed by atoms with Gasteiger partial charge < -0.3 is 5.11 Å². The molecule has 1 fully saturated rings. The van der Waals surface area contributed by atoms with Crippen molar-refractivity contribution < 1.29 is 18.3 Å². The van der Waals surface area contributed by atoms with Gasteiger partial charge in [-0.2, -0.15) is 27.6 Å². The smallest absolute Gasteiger partial charge is 0.322 e. The van der Waals surface area contributed by atoms with Crippen LogP contribution in [0.2, 0.25) is 0 Å². The number of carboxylic acid groups (broad SMARTS) is 1. The highest BCUT2D eigenvalue weighted by molar-refractivity contribution is 7.86. The van der Waals surface area contributed by atoms with E-state index >= 15 is 0 Å². The highest BCUT2D eigenvalue weighted by Crippen LogP contribution is 2.22. The summed E-state index contributed by atoms with van der Waals surface area (Å²) in [5.74, 6) is -1.21. The minimum atomic E-state index is -4.10. The van der Waals surface area contributed by atoms with E-state index in [1.807, 2.05) is 0 Å². The van der Waals surface area contributed by atoms with Crippen LogP contribution in [0.25, 0.3) is 0 Å². The van der Waals surface area contributed by atoms with Gasteiger partial charge in [0.2, 0.25) is 0 Å². The van der Waals surface area contributed by atoms with Crippen molar-refractivity contribution >= 4 is 16.2 Å². The number of carboxylic acids is 1. The first-order valence-electron chi connectivity index (χ1n) is 5.68. The summed E-state index contributed by atoms with van der Waals surface area (Å²) in [6, 6.07) is 2.20.